The Hall–Kier alpha value is -1.18. The molecule has 1 aliphatic rings. The van der Waals surface area contributed by atoms with Crippen molar-refractivity contribution in [3.63, 3.8) is 0 Å². The molecule has 0 heterocycles. The van der Waals surface area contributed by atoms with Gasteiger partial charge in [-0.05, 0) is 31.9 Å². The van der Waals surface area contributed by atoms with Crippen molar-refractivity contribution in [2.24, 2.45) is 0 Å². The van der Waals surface area contributed by atoms with Gasteiger partial charge in [0, 0.05) is 17.8 Å². The second-order valence-electron chi connectivity index (χ2n) is 5.38. The molecule has 4 N–H and O–H groups in total. The van der Waals surface area contributed by atoms with Crippen LogP contribution in [0.5, 0.6) is 0 Å². The summed E-state index contributed by atoms with van der Waals surface area (Å²) in [5, 5.41) is 10.2. The number of nitrogen functional groups attached to an aromatic ring is 1. The van der Waals surface area contributed by atoms with Crippen molar-refractivity contribution >= 4 is 15.7 Å². The van der Waals surface area contributed by atoms with E-state index < -0.39 is 21.4 Å². The molecule has 0 radical (unpaired) electrons. The zero-order valence-corrected chi connectivity index (χ0v) is 12.1. The van der Waals surface area contributed by atoms with Gasteiger partial charge in [-0.2, -0.15) is 0 Å². The minimum atomic E-state index is -3.89. The third-order valence-electron chi connectivity index (χ3n) is 3.73. The number of hydrogen-bond acceptors (Lipinski definition) is 4. The van der Waals surface area contributed by atoms with E-state index in [1.807, 2.05) is 0 Å². The van der Waals surface area contributed by atoms with Crippen LogP contribution < -0.4 is 10.5 Å². The van der Waals surface area contributed by atoms with Crippen LogP contribution >= 0.6 is 0 Å². The number of nitrogens with two attached hydrogens (primary N) is 1. The molecule has 1 aromatic rings. The van der Waals surface area contributed by atoms with E-state index in [1.165, 1.54) is 13.0 Å². The molecule has 7 heteroatoms. The van der Waals surface area contributed by atoms with Crippen molar-refractivity contribution in [3.05, 3.63) is 23.5 Å². The topological polar surface area (TPSA) is 92.4 Å². The minimum Gasteiger partial charge on any atom is -0.399 e. The zero-order valence-electron chi connectivity index (χ0n) is 11.3. The van der Waals surface area contributed by atoms with Crippen molar-refractivity contribution in [1.29, 1.82) is 0 Å². The van der Waals surface area contributed by atoms with E-state index in [4.69, 9.17) is 5.73 Å². The van der Waals surface area contributed by atoms with Gasteiger partial charge in [0.1, 0.15) is 5.82 Å². The largest absolute Gasteiger partial charge is 0.399 e. The minimum absolute atomic E-state index is 0.0186. The van der Waals surface area contributed by atoms with Gasteiger partial charge < -0.3 is 10.8 Å². The summed E-state index contributed by atoms with van der Waals surface area (Å²) in [4.78, 5) is -0.184. The SMILES string of the molecule is Cc1c(F)cc(N)cc1S(=O)(=O)NCC1(O)CCCC1. The molecular weight excluding hydrogens is 283 g/mol. The van der Waals surface area contributed by atoms with Crippen molar-refractivity contribution in [1.82, 2.24) is 4.72 Å². The lowest BCUT2D eigenvalue weighted by Crippen LogP contribution is -2.40. The zero-order chi connectivity index (χ0) is 15.0. The summed E-state index contributed by atoms with van der Waals surface area (Å²) >= 11 is 0. The van der Waals surface area contributed by atoms with Crippen LogP contribution in [0.15, 0.2) is 17.0 Å². The lowest BCUT2D eigenvalue weighted by molar-refractivity contribution is 0.0531. The Kier molecular flexibility index (Phi) is 4.04. The predicted molar refractivity (Wildman–Crippen MR) is 74.2 cm³/mol. The number of benzene rings is 1. The fourth-order valence-corrected chi connectivity index (χ4v) is 3.88. The van der Waals surface area contributed by atoms with Gasteiger partial charge in [0.15, 0.2) is 0 Å². The first-order valence-corrected chi connectivity index (χ1v) is 7.99. The Bertz CT molecular complexity index is 610. The van der Waals surface area contributed by atoms with Crippen molar-refractivity contribution in [2.45, 2.75) is 43.1 Å². The van der Waals surface area contributed by atoms with E-state index in [-0.39, 0.29) is 22.7 Å². The van der Waals surface area contributed by atoms with Gasteiger partial charge in [-0.1, -0.05) is 12.8 Å². The number of nitrogens with one attached hydrogen (secondary N) is 1. The Morgan fingerprint density at radius 2 is 2.00 bits per heavy atom. The van der Waals surface area contributed by atoms with Crippen LogP contribution in [-0.2, 0) is 10.0 Å². The molecule has 1 aromatic carbocycles. The third-order valence-corrected chi connectivity index (χ3v) is 5.26. The molecule has 0 atom stereocenters. The van der Waals surface area contributed by atoms with Gasteiger partial charge in [0.25, 0.3) is 0 Å². The number of hydrogen-bond donors (Lipinski definition) is 3. The summed E-state index contributed by atoms with van der Waals surface area (Å²) in [6, 6.07) is 2.30. The van der Waals surface area contributed by atoms with Crippen LogP contribution in [0.3, 0.4) is 0 Å². The Morgan fingerprint density at radius 1 is 1.40 bits per heavy atom. The summed E-state index contributed by atoms with van der Waals surface area (Å²) in [6.45, 7) is 1.32. The standard InChI is InChI=1S/C13H19FN2O3S/c1-9-11(14)6-10(15)7-12(9)20(18,19)16-8-13(17)4-2-3-5-13/h6-7,16-17H,2-5,8,15H2,1H3. The van der Waals surface area contributed by atoms with Gasteiger partial charge >= 0.3 is 0 Å². The molecule has 112 valence electrons. The number of sulfonamides is 1. The lowest BCUT2D eigenvalue weighted by atomic mass is 10.0. The van der Waals surface area contributed by atoms with Gasteiger partial charge in [0.05, 0.1) is 10.5 Å². The predicted octanol–water partition coefficient (Wildman–Crippen LogP) is 1.30. The maximum absolute atomic E-state index is 13.6. The quantitative estimate of drug-likeness (QED) is 0.731. The first-order valence-electron chi connectivity index (χ1n) is 6.51. The number of halogens is 1. The highest BCUT2D eigenvalue weighted by Gasteiger charge is 2.33. The Labute approximate surface area is 118 Å². The van der Waals surface area contributed by atoms with Gasteiger partial charge in [0.2, 0.25) is 10.0 Å². The van der Waals surface area contributed by atoms with Crippen LogP contribution in [0.1, 0.15) is 31.2 Å². The van der Waals surface area contributed by atoms with E-state index in [1.54, 1.807) is 0 Å². The van der Waals surface area contributed by atoms with Gasteiger partial charge in [-0.15, -0.1) is 0 Å². The molecular formula is C13H19FN2O3S. The van der Waals surface area contributed by atoms with Crippen molar-refractivity contribution < 1.29 is 17.9 Å². The molecule has 1 fully saturated rings. The van der Waals surface area contributed by atoms with Gasteiger partial charge in [-0.25, -0.2) is 17.5 Å². The van der Waals surface area contributed by atoms with Crippen molar-refractivity contribution in [2.75, 3.05) is 12.3 Å². The molecule has 0 saturated heterocycles. The second-order valence-corrected chi connectivity index (χ2v) is 7.12. The smallest absolute Gasteiger partial charge is 0.241 e. The van der Waals surface area contributed by atoms with E-state index in [9.17, 15) is 17.9 Å². The van der Waals surface area contributed by atoms with Crippen LogP contribution in [0, 0.1) is 12.7 Å². The summed E-state index contributed by atoms with van der Waals surface area (Å²) in [5.74, 6) is -0.662. The molecule has 20 heavy (non-hydrogen) atoms. The normalized spacial score (nSPS) is 18.4. The first-order chi connectivity index (χ1) is 9.23. The maximum Gasteiger partial charge on any atom is 0.241 e. The molecule has 0 aromatic heterocycles. The molecule has 5 nitrogen and oxygen atoms in total. The Balaban J connectivity index is 2.22. The van der Waals surface area contributed by atoms with Crippen LogP contribution in [0.25, 0.3) is 0 Å². The molecule has 0 aliphatic heterocycles. The molecule has 1 aliphatic carbocycles. The van der Waals surface area contributed by atoms with E-state index >= 15 is 0 Å². The fraction of sp³-hybridized carbons (Fsp3) is 0.538. The summed E-state index contributed by atoms with van der Waals surface area (Å²) < 4.78 is 40.3. The van der Waals surface area contributed by atoms with Crippen LogP contribution in [0.2, 0.25) is 0 Å². The van der Waals surface area contributed by atoms with E-state index in [0.29, 0.717) is 12.8 Å². The molecule has 0 bridgehead atoms. The highest BCUT2D eigenvalue weighted by molar-refractivity contribution is 7.89. The highest BCUT2D eigenvalue weighted by atomic mass is 32.2. The van der Waals surface area contributed by atoms with Crippen LogP contribution in [0.4, 0.5) is 10.1 Å². The van der Waals surface area contributed by atoms with E-state index in [2.05, 4.69) is 4.72 Å². The van der Waals surface area contributed by atoms with E-state index in [0.717, 1.165) is 18.9 Å². The summed E-state index contributed by atoms with van der Waals surface area (Å²) in [7, 11) is -3.89. The summed E-state index contributed by atoms with van der Waals surface area (Å²) in [5.41, 5.74) is 4.56. The molecule has 0 amide bonds. The molecule has 1 saturated carbocycles. The Morgan fingerprint density at radius 3 is 2.60 bits per heavy atom. The van der Waals surface area contributed by atoms with Crippen molar-refractivity contribution in [3.8, 4) is 0 Å². The first kappa shape index (κ1) is 15.2. The van der Waals surface area contributed by atoms with Crippen LogP contribution in [-0.4, -0.2) is 25.7 Å². The second kappa shape index (κ2) is 5.31. The monoisotopic (exact) mass is 302 g/mol. The van der Waals surface area contributed by atoms with Gasteiger partial charge in [-0.3, -0.25) is 0 Å². The molecule has 0 spiro atoms. The molecule has 0 unspecified atom stereocenters. The maximum atomic E-state index is 13.6. The third kappa shape index (κ3) is 3.11. The lowest BCUT2D eigenvalue weighted by Gasteiger charge is -2.22. The summed E-state index contributed by atoms with van der Waals surface area (Å²) in [6.07, 6.45) is 2.90. The average Bonchev–Trinajstić information content (AvgIpc) is 2.79. The molecule has 2 rings (SSSR count). The average molecular weight is 302 g/mol. The fourth-order valence-electron chi connectivity index (χ4n) is 2.47. The highest BCUT2D eigenvalue weighted by Crippen LogP contribution is 2.29. The number of anilines is 1. The number of rotatable bonds is 4. The number of aliphatic hydroxyl groups is 1.